The summed E-state index contributed by atoms with van der Waals surface area (Å²) in [7, 11) is 0. The summed E-state index contributed by atoms with van der Waals surface area (Å²) < 4.78 is 0. The second-order valence-corrected chi connectivity index (χ2v) is 3.44. The van der Waals surface area contributed by atoms with Crippen LogP contribution in [0.25, 0.3) is 0 Å². The molecule has 0 aliphatic rings. The quantitative estimate of drug-likeness (QED) is 0.597. The Morgan fingerprint density at radius 1 is 1.44 bits per heavy atom. The number of benzene rings is 1. The number of rotatable bonds is 3. The van der Waals surface area contributed by atoms with Crippen LogP contribution in [0, 0.1) is 24.0 Å². The van der Waals surface area contributed by atoms with Crippen LogP contribution in [0.15, 0.2) is 12.1 Å². The van der Waals surface area contributed by atoms with Crippen molar-refractivity contribution in [2.75, 3.05) is 0 Å². The average Bonchev–Trinajstić information content (AvgIpc) is 2.20. The number of aryl methyl sites for hydroxylation is 1. The number of nitro benzene ring substituents is 1. The molecular weight excluding hydrogens is 214 g/mol. The third-order valence-electron chi connectivity index (χ3n) is 2.47. The summed E-state index contributed by atoms with van der Waals surface area (Å²) in [5.74, 6) is -1.50. The summed E-state index contributed by atoms with van der Waals surface area (Å²) in [6, 6.07) is 2.72. The van der Waals surface area contributed by atoms with Crippen molar-refractivity contribution in [3.8, 4) is 0 Å². The molecule has 6 nitrogen and oxygen atoms in total. The molecule has 0 aromatic heterocycles. The van der Waals surface area contributed by atoms with Crippen molar-refractivity contribution in [1.82, 2.24) is 0 Å². The second-order valence-electron chi connectivity index (χ2n) is 3.44. The van der Waals surface area contributed by atoms with Crippen molar-refractivity contribution in [2.45, 2.75) is 20.0 Å². The zero-order valence-electron chi connectivity index (χ0n) is 8.80. The zero-order valence-corrected chi connectivity index (χ0v) is 8.80. The fourth-order valence-electron chi connectivity index (χ4n) is 1.45. The molecule has 0 saturated heterocycles. The number of aliphatic carboxylic acids is 1. The van der Waals surface area contributed by atoms with E-state index in [-0.39, 0.29) is 11.3 Å². The molecule has 0 saturated carbocycles. The van der Waals surface area contributed by atoms with Gasteiger partial charge in [-0.3, -0.25) is 10.1 Å². The van der Waals surface area contributed by atoms with Gasteiger partial charge in [0.15, 0.2) is 6.10 Å². The van der Waals surface area contributed by atoms with Gasteiger partial charge in [0.05, 0.1) is 10.5 Å². The first kappa shape index (κ1) is 12.1. The van der Waals surface area contributed by atoms with Crippen LogP contribution in [0.2, 0.25) is 0 Å². The summed E-state index contributed by atoms with van der Waals surface area (Å²) in [5.41, 5.74) is 0.584. The van der Waals surface area contributed by atoms with Crippen LogP contribution in [-0.2, 0) is 4.79 Å². The van der Waals surface area contributed by atoms with E-state index in [4.69, 9.17) is 5.11 Å². The first-order valence-corrected chi connectivity index (χ1v) is 4.51. The molecule has 1 atom stereocenters. The van der Waals surface area contributed by atoms with Crippen LogP contribution >= 0.6 is 0 Å². The summed E-state index contributed by atoms with van der Waals surface area (Å²) in [6.45, 7) is 3.24. The molecule has 1 rings (SSSR count). The molecule has 0 amide bonds. The van der Waals surface area contributed by atoms with Gasteiger partial charge in [-0.05, 0) is 25.0 Å². The third-order valence-corrected chi connectivity index (χ3v) is 2.47. The number of hydrogen-bond donors (Lipinski definition) is 2. The fourth-order valence-corrected chi connectivity index (χ4v) is 1.45. The lowest BCUT2D eigenvalue weighted by Crippen LogP contribution is -2.14. The Morgan fingerprint density at radius 2 is 2.00 bits per heavy atom. The van der Waals surface area contributed by atoms with E-state index in [2.05, 4.69) is 0 Å². The number of aliphatic hydroxyl groups excluding tert-OH is 1. The van der Waals surface area contributed by atoms with E-state index in [0.717, 1.165) is 0 Å². The molecular formula is C10H11NO5. The molecule has 1 unspecified atom stereocenters. The summed E-state index contributed by atoms with van der Waals surface area (Å²) in [6.07, 6.45) is -1.87. The number of aliphatic hydroxyl groups is 1. The maximum Gasteiger partial charge on any atom is 0.337 e. The van der Waals surface area contributed by atoms with Gasteiger partial charge >= 0.3 is 5.97 Å². The minimum atomic E-state index is -1.87. The molecule has 0 spiro atoms. The Balaban J connectivity index is 3.49. The number of carboxylic acid groups (broad SMARTS) is 1. The lowest BCUT2D eigenvalue weighted by atomic mass is 9.97. The molecule has 0 heterocycles. The monoisotopic (exact) mass is 225 g/mol. The highest BCUT2D eigenvalue weighted by Gasteiger charge is 2.28. The second kappa shape index (κ2) is 4.28. The number of hydrogen-bond acceptors (Lipinski definition) is 4. The van der Waals surface area contributed by atoms with Gasteiger partial charge in [0.25, 0.3) is 5.69 Å². The van der Waals surface area contributed by atoms with E-state index in [1.54, 1.807) is 13.8 Å². The summed E-state index contributed by atoms with van der Waals surface area (Å²) in [4.78, 5) is 20.7. The molecule has 0 aliphatic carbocycles. The highest BCUT2D eigenvalue weighted by atomic mass is 16.6. The van der Waals surface area contributed by atoms with Crippen molar-refractivity contribution in [2.24, 2.45) is 0 Å². The van der Waals surface area contributed by atoms with Gasteiger partial charge < -0.3 is 10.2 Å². The van der Waals surface area contributed by atoms with Crippen LogP contribution in [0.5, 0.6) is 0 Å². The Labute approximate surface area is 91.3 Å². The van der Waals surface area contributed by atoms with Crippen LogP contribution in [0.4, 0.5) is 5.69 Å². The predicted molar refractivity (Wildman–Crippen MR) is 55.2 cm³/mol. The fraction of sp³-hybridized carbons (Fsp3) is 0.300. The van der Waals surface area contributed by atoms with Crippen molar-refractivity contribution < 1.29 is 19.9 Å². The first-order valence-electron chi connectivity index (χ1n) is 4.51. The van der Waals surface area contributed by atoms with Gasteiger partial charge in [-0.25, -0.2) is 4.79 Å². The Bertz CT molecular complexity index is 455. The molecule has 0 fully saturated rings. The van der Waals surface area contributed by atoms with Gasteiger partial charge in [-0.1, -0.05) is 6.07 Å². The first-order chi connectivity index (χ1) is 7.36. The van der Waals surface area contributed by atoms with E-state index >= 15 is 0 Å². The minimum absolute atomic E-state index is 0.155. The molecule has 1 aromatic rings. The summed E-state index contributed by atoms with van der Waals surface area (Å²) >= 11 is 0. The third kappa shape index (κ3) is 2.01. The Morgan fingerprint density at radius 3 is 2.44 bits per heavy atom. The Hall–Kier alpha value is -1.95. The maximum absolute atomic E-state index is 10.7. The van der Waals surface area contributed by atoms with Crippen molar-refractivity contribution in [3.05, 3.63) is 38.9 Å². The van der Waals surface area contributed by atoms with Crippen LogP contribution < -0.4 is 0 Å². The number of nitro groups is 1. The number of carboxylic acids is 1. The lowest BCUT2D eigenvalue weighted by molar-refractivity contribution is -0.386. The normalized spacial score (nSPS) is 12.2. The molecule has 0 aliphatic heterocycles. The molecule has 0 bridgehead atoms. The SMILES string of the molecule is Cc1ccc([N+](=O)[O-])c(C(O)C(=O)O)c1C. The van der Waals surface area contributed by atoms with E-state index in [0.29, 0.717) is 11.1 Å². The highest BCUT2D eigenvalue weighted by molar-refractivity contribution is 5.77. The minimum Gasteiger partial charge on any atom is -0.479 e. The van der Waals surface area contributed by atoms with Gasteiger partial charge in [0, 0.05) is 6.07 Å². The highest BCUT2D eigenvalue weighted by Crippen LogP contribution is 2.30. The number of nitrogens with zero attached hydrogens (tertiary/aromatic N) is 1. The van der Waals surface area contributed by atoms with E-state index < -0.39 is 17.0 Å². The van der Waals surface area contributed by atoms with Gasteiger partial charge in [-0.2, -0.15) is 0 Å². The predicted octanol–water partition coefficient (Wildman–Crippen LogP) is 1.33. The van der Waals surface area contributed by atoms with E-state index in [1.165, 1.54) is 12.1 Å². The van der Waals surface area contributed by atoms with Gasteiger partial charge in [-0.15, -0.1) is 0 Å². The van der Waals surface area contributed by atoms with E-state index in [9.17, 15) is 20.0 Å². The summed E-state index contributed by atoms with van der Waals surface area (Å²) in [5, 5.41) is 28.8. The van der Waals surface area contributed by atoms with Crippen molar-refractivity contribution >= 4 is 11.7 Å². The topological polar surface area (TPSA) is 101 Å². The van der Waals surface area contributed by atoms with Gasteiger partial charge in [0.2, 0.25) is 0 Å². The molecule has 16 heavy (non-hydrogen) atoms. The van der Waals surface area contributed by atoms with Crippen molar-refractivity contribution in [3.63, 3.8) is 0 Å². The molecule has 86 valence electrons. The van der Waals surface area contributed by atoms with Crippen molar-refractivity contribution in [1.29, 1.82) is 0 Å². The maximum atomic E-state index is 10.7. The Kier molecular flexibility index (Phi) is 3.24. The average molecular weight is 225 g/mol. The van der Waals surface area contributed by atoms with Crippen LogP contribution in [-0.4, -0.2) is 21.1 Å². The standard InChI is InChI=1S/C10H11NO5/c1-5-3-4-7(11(15)16)8(6(5)2)9(12)10(13)14/h3-4,9,12H,1-2H3,(H,13,14). The molecule has 6 heteroatoms. The molecule has 1 aromatic carbocycles. The molecule has 2 N–H and O–H groups in total. The van der Waals surface area contributed by atoms with Crippen LogP contribution in [0.1, 0.15) is 22.8 Å². The zero-order chi connectivity index (χ0) is 12.5. The van der Waals surface area contributed by atoms with Crippen LogP contribution in [0.3, 0.4) is 0 Å². The molecule has 0 radical (unpaired) electrons. The van der Waals surface area contributed by atoms with E-state index in [1.807, 2.05) is 0 Å². The largest absolute Gasteiger partial charge is 0.479 e. The van der Waals surface area contributed by atoms with Gasteiger partial charge in [0.1, 0.15) is 0 Å². The number of carbonyl (C=O) groups is 1. The smallest absolute Gasteiger partial charge is 0.337 e. The lowest BCUT2D eigenvalue weighted by Gasteiger charge is -2.11.